The summed E-state index contributed by atoms with van der Waals surface area (Å²) in [7, 11) is 0. The molecule has 2 aromatic rings. The predicted molar refractivity (Wildman–Crippen MR) is 75.8 cm³/mol. The number of hydrogen-bond donors (Lipinski definition) is 2. The van der Waals surface area contributed by atoms with Gasteiger partial charge in [0.25, 0.3) is 5.91 Å². The number of anilines is 2. The number of nitrogens with one attached hydrogen (secondary N) is 1. The predicted octanol–water partition coefficient (Wildman–Crippen LogP) is 3.33. The number of carbonyl (C=O) groups is 1. The number of pyridine rings is 1. The lowest BCUT2D eigenvalue weighted by atomic mass is 10.1. The van der Waals surface area contributed by atoms with Crippen molar-refractivity contribution in [3.8, 4) is 0 Å². The van der Waals surface area contributed by atoms with Crippen molar-refractivity contribution < 1.29 is 4.79 Å². The van der Waals surface area contributed by atoms with E-state index in [1.807, 2.05) is 0 Å². The van der Waals surface area contributed by atoms with Crippen molar-refractivity contribution in [2.24, 2.45) is 0 Å². The van der Waals surface area contributed by atoms with Crippen LogP contribution in [0.3, 0.4) is 0 Å². The van der Waals surface area contributed by atoms with Crippen LogP contribution in [0.4, 0.5) is 11.4 Å². The molecule has 1 amide bonds. The van der Waals surface area contributed by atoms with Crippen LogP contribution in [0.2, 0.25) is 5.15 Å². The van der Waals surface area contributed by atoms with Gasteiger partial charge in [0.05, 0.1) is 5.56 Å². The normalized spacial score (nSPS) is 10.1. The molecule has 0 aliphatic carbocycles. The monoisotopic (exact) mass is 325 g/mol. The molecule has 0 bridgehead atoms. The molecule has 6 heteroatoms. The molecule has 0 saturated heterocycles. The van der Waals surface area contributed by atoms with E-state index in [9.17, 15) is 4.79 Å². The number of carbonyl (C=O) groups excluding carboxylic acids is 1. The lowest BCUT2D eigenvalue weighted by molar-refractivity contribution is 0.102. The highest BCUT2D eigenvalue weighted by molar-refractivity contribution is 9.10. The fourth-order valence-corrected chi connectivity index (χ4v) is 1.94. The average molecular weight is 327 g/mol. The van der Waals surface area contributed by atoms with Gasteiger partial charge >= 0.3 is 0 Å². The van der Waals surface area contributed by atoms with Gasteiger partial charge in [-0.25, -0.2) is 4.98 Å². The van der Waals surface area contributed by atoms with Crippen molar-refractivity contribution >= 4 is 44.8 Å². The standard InChI is InChI=1S/C12H9BrClN3O/c13-7-1-2-10(15)9(5-7)12(18)17-8-3-4-16-11(14)6-8/h1-6H,15H2,(H,16,17,18). The molecule has 1 heterocycles. The first-order valence-electron chi connectivity index (χ1n) is 5.04. The van der Waals surface area contributed by atoms with Gasteiger partial charge in [0.2, 0.25) is 0 Å². The molecule has 0 radical (unpaired) electrons. The van der Waals surface area contributed by atoms with Crippen molar-refractivity contribution in [3.63, 3.8) is 0 Å². The summed E-state index contributed by atoms with van der Waals surface area (Å²) in [5.41, 5.74) is 7.14. The Bertz CT molecular complexity index is 604. The van der Waals surface area contributed by atoms with Crippen LogP contribution >= 0.6 is 27.5 Å². The first-order chi connectivity index (χ1) is 8.56. The Morgan fingerprint density at radius 2 is 2.11 bits per heavy atom. The zero-order valence-electron chi connectivity index (χ0n) is 9.15. The molecule has 0 atom stereocenters. The number of rotatable bonds is 2. The lowest BCUT2D eigenvalue weighted by Gasteiger charge is -2.08. The average Bonchev–Trinajstić information content (AvgIpc) is 2.32. The van der Waals surface area contributed by atoms with E-state index >= 15 is 0 Å². The maximum Gasteiger partial charge on any atom is 0.257 e. The molecule has 0 fully saturated rings. The van der Waals surface area contributed by atoms with E-state index in [4.69, 9.17) is 17.3 Å². The van der Waals surface area contributed by atoms with E-state index in [0.717, 1.165) is 4.47 Å². The summed E-state index contributed by atoms with van der Waals surface area (Å²) in [6.07, 6.45) is 1.52. The molecule has 1 aromatic carbocycles. The summed E-state index contributed by atoms with van der Waals surface area (Å²) >= 11 is 9.03. The number of halogens is 2. The van der Waals surface area contributed by atoms with E-state index in [2.05, 4.69) is 26.2 Å². The molecule has 0 aliphatic heterocycles. The smallest absolute Gasteiger partial charge is 0.257 e. The highest BCUT2D eigenvalue weighted by atomic mass is 79.9. The van der Waals surface area contributed by atoms with Gasteiger partial charge in [0.1, 0.15) is 5.15 Å². The van der Waals surface area contributed by atoms with Crippen LogP contribution in [0.15, 0.2) is 41.0 Å². The highest BCUT2D eigenvalue weighted by Crippen LogP contribution is 2.20. The molecule has 0 saturated carbocycles. The molecule has 18 heavy (non-hydrogen) atoms. The number of amides is 1. The highest BCUT2D eigenvalue weighted by Gasteiger charge is 2.10. The van der Waals surface area contributed by atoms with Crippen molar-refractivity contribution in [2.75, 3.05) is 11.1 Å². The summed E-state index contributed by atoms with van der Waals surface area (Å²) in [5, 5.41) is 3.02. The van der Waals surface area contributed by atoms with E-state index in [-0.39, 0.29) is 5.91 Å². The Kier molecular flexibility index (Phi) is 3.84. The minimum absolute atomic E-state index is 0.295. The second-order valence-electron chi connectivity index (χ2n) is 3.55. The number of nitrogen functional groups attached to an aromatic ring is 1. The number of nitrogens with two attached hydrogens (primary N) is 1. The number of nitrogens with zero attached hydrogens (tertiary/aromatic N) is 1. The van der Waals surface area contributed by atoms with E-state index in [0.29, 0.717) is 22.1 Å². The maximum atomic E-state index is 12.0. The fraction of sp³-hybridized carbons (Fsp3) is 0. The largest absolute Gasteiger partial charge is 0.398 e. The quantitative estimate of drug-likeness (QED) is 0.657. The van der Waals surface area contributed by atoms with Gasteiger partial charge in [0, 0.05) is 22.0 Å². The second-order valence-corrected chi connectivity index (χ2v) is 4.86. The van der Waals surface area contributed by atoms with Gasteiger partial charge in [-0.1, -0.05) is 27.5 Å². The van der Waals surface area contributed by atoms with Crippen LogP contribution in [-0.4, -0.2) is 10.9 Å². The molecule has 92 valence electrons. The molecular formula is C12H9BrClN3O. The van der Waals surface area contributed by atoms with E-state index in [1.165, 1.54) is 6.20 Å². The lowest BCUT2D eigenvalue weighted by Crippen LogP contribution is -2.14. The molecule has 4 nitrogen and oxygen atoms in total. The van der Waals surface area contributed by atoms with Crippen LogP contribution in [0.25, 0.3) is 0 Å². The third kappa shape index (κ3) is 3.00. The molecule has 0 unspecified atom stereocenters. The van der Waals surface area contributed by atoms with Gasteiger partial charge in [0.15, 0.2) is 0 Å². The molecule has 2 rings (SSSR count). The summed E-state index contributed by atoms with van der Waals surface area (Å²) < 4.78 is 0.787. The minimum Gasteiger partial charge on any atom is -0.398 e. The minimum atomic E-state index is -0.295. The number of hydrogen-bond acceptors (Lipinski definition) is 3. The van der Waals surface area contributed by atoms with Crippen LogP contribution < -0.4 is 11.1 Å². The van der Waals surface area contributed by atoms with Crippen LogP contribution in [0.5, 0.6) is 0 Å². The summed E-state index contributed by atoms with van der Waals surface area (Å²) in [6.45, 7) is 0. The Balaban J connectivity index is 2.24. The van der Waals surface area contributed by atoms with Crippen LogP contribution in [0.1, 0.15) is 10.4 Å². The van der Waals surface area contributed by atoms with Crippen molar-refractivity contribution in [2.45, 2.75) is 0 Å². The van der Waals surface area contributed by atoms with Crippen LogP contribution in [-0.2, 0) is 0 Å². The van der Waals surface area contributed by atoms with Crippen molar-refractivity contribution in [1.82, 2.24) is 4.98 Å². The molecule has 0 aliphatic rings. The van der Waals surface area contributed by atoms with Crippen molar-refractivity contribution in [1.29, 1.82) is 0 Å². The second kappa shape index (κ2) is 5.37. The SMILES string of the molecule is Nc1ccc(Br)cc1C(=O)Nc1ccnc(Cl)c1. The zero-order chi connectivity index (χ0) is 13.1. The third-order valence-corrected chi connectivity index (χ3v) is 2.94. The van der Waals surface area contributed by atoms with Crippen LogP contribution in [0, 0.1) is 0 Å². The molecule has 1 aromatic heterocycles. The van der Waals surface area contributed by atoms with Gasteiger partial charge in [-0.15, -0.1) is 0 Å². The first-order valence-corrected chi connectivity index (χ1v) is 6.21. The van der Waals surface area contributed by atoms with Gasteiger partial charge in [-0.2, -0.15) is 0 Å². The number of benzene rings is 1. The Morgan fingerprint density at radius 1 is 1.33 bits per heavy atom. The van der Waals surface area contributed by atoms with E-state index in [1.54, 1.807) is 30.3 Å². The molecule has 0 spiro atoms. The Morgan fingerprint density at radius 3 is 2.83 bits per heavy atom. The van der Waals surface area contributed by atoms with Gasteiger partial charge < -0.3 is 11.1 Å². The van der Waals surface area contributed by atoms with E-state index < -0.39 is 0 Å². The summed E-state index contributed by atoms with van der Waals surface area (Å²) in [4.78, 5) is 15.9. The third-order valence-electron chi connectivity index (χ3n) is 2.24. The summed E-state index contributed by atoms with van der Waals surface area (Å²) in [5.74, 6) is -0.295. The van der Waals surface area contributed by atoms with Crippen molar-refractivity contribution in [3.05, 3.63) is 51.7 Å². The van der Waals surface area contributed by atoms with Gasteiger partial charge in [-0.05, 0) is 30.3 Å². The Hall–Kier alpha value is -1.59. The fourth-order valence-electron chi connectivity index (χ4n) is 1.40. The molecular weight excluding hydrogens is 318 g/mol. The Labute approximate surface area is 117 Å². The summed E-state index contributed by atoms with van der Waals surface area (Å²) in [6, 6.07) is 8.31. The maximum absolute atomic E-state index is 12.0. The van der Waals surface area contributed by atoms with Gasteiger partial charge in [-0.3, -0.25) is 4.79 Å². The zero-order valence-corrected chi connectivity index (χ0v) is 11.5. The molecule has 3 N–H and O–H groups in total. The topological polar surface area (TPSA) is 68.0 Å². The first kappa shape index (κ1) is 12.9. The number of aromatic nitrogens is 1.